The van der Waals surface area contributed by atoms with Gasteiger partial charge in [-0.2, -0.15) is 0 Å². The Balaban J connectivity index is 1.98. The highest BCUT2D eigenvalue weighted by Crippen LogP contribution is 2.15. The number of fused-ring (bicyclic) bond motifs is 1. The molecule has 0 aliphatic heterocycles. The number of benzene rings is 2. The Morgan fingerprint density at radius 2 is 1.91 bits per heavy atom. The van der Waals surface area contributed by atoms with Crippen molar-refractivity contribution in [2.24, 2.45) is 0 Å². The molecule has 1 amide bonds. The topological polar surface area (TPSA) is 75.6 Å². The lowest BCUT2D eigenvalue weighted by molar-refractivity contribution is -0.144. The largest absolute Gasteiger partial charge is 0.463 e. The van der Waals surface area contributed by atoms with E-state index in [1.807, 2.05) is 37.3 Å². The van der Waals surface area contributed by atoms with Gasteiger partial charge < -0.3 is 15.2 Å². The molecule has 0 aliphatic carbocycles. The van der Waals surface area contributed by atoms with E-state index in [0.29, 0.717) is 18.4 Å². The molecule has 0 heterocycles. The van der Waals surface area contributed by atoms with Crippen LogP contribution in [0.15, 0.2) is 42.5 Å². The van der Waals surface area contributed by atoms with Gasteiger partial charge in [-0.1, -0.05) is 37.3 Å². The van der Waals surface area contributed by atoms with E-state index in [1.54, 1.807) is 12.1 Å². The first-order valence-electron chi connectivity index (χ1n) is 7.70. The minimum atomic E-state index is -0.616. The number of carbonyl (C=O) groups is 2. The van der Waals surface area contributed by atoms with Crippen molar-refractivity contribution in [1.82, 2.24) is 5.32 Å². The van der Waals surface area contributed by atoms with Crippen LogP contribution in [0.5, 0.6) is 0 Å². The summed E-state index contributed by atoms with van der Waals surface area (Å²) in [5, 5.41) is 14.0. The molecule has 0 aromatic heterocycles. The van der Waals surface area contributed by atoms with Crippen LogP contribution in [0, 0.1) is 0 Å². The summed E-state index contributed by atoms with van der Waals surface area (Å²) in [6.45, 7) is 1.56. The number of esters is 1. The lowest BCUT2D eigenvalue weighted by Crippen LogP contribution is -2.41. The quantitative estimate of drug-likeness (QED) is 0.769. The van der Waals surface area contributed by atoms with E-state index in [4.69, 9.17) is 4.74 Å². The molecular weight excluding hydrogens is 294 g/mol. The second kappa shape index (κ2) is 8.29. The average Bonchev–Trinajstić information content (AvgIpc) is 2.58. The summed E-state index contributed by atoms with van der Waals surface area (Å²) in [5.41, 5.74) is 0.502. The Morgan fingerprint density at radius 1 is 1.17 bits per heavy atom. The number of amides is 1. The fraction of sp³-hybridized carbons (Fsp3) is 0.333. The van der Waals surface area contributed by atoms with Gasteiger partial charge in [-0.3, -0.25) is 9.59 Å². The van der Waals surface area contributed by atoms with Crippen LogP contribution in [0.3, 0.4) is 0 Å². The highest BCUT2D eigenvalue weighted by molar-refractivity contribution is 5.98. The van der Waals surface area contributed by atoms with E-state index in [-0.39, 0.29) is 25.1 Å². The third-order valence-electron chi connectivity index (χ3n) is 3.47. The highest BCUT2D eigenvalue weighted by atomic mass is 16.5. The summed E-state index contributed by atoms with van der Waals surface area (Å²) in [6, 6.07) is 12.5. The minimum Gasteiger partial charge on any atom is -0.463 e. The lowest BCUT2D eigenvalue weighted by atomic mass is 10.1. The van der Waals surface area contributed by atoms with E-state index in [9.17, 15) is 14.7 Å². The Morgan fingerprint density at radius 3 is 2.61 bits per heavy atom. The molecule has 5 heteroatoms. The summed E-state index contributed by atoms with van der Waals surface area (Å²) < 4.78 is 5.03. The second-order valence-corrected chi connectivity index (χ2v) is 5.35. The number of rotatable bonds is 7. The van der Waals surface area contributed by atoms with E-state index < -0.39 is 6.04 Å². The van der Waals surface area contributed by atoms with Crippen LogP contribution in [-0.4, -0.2) is 36.2 Å². The standard InChI is InChI=1S/C18H21NO4/c1-2-5-17(21)23-12-16(11-20)19-18(22)15-9-8-13-6-3-4-7-14(13)10-15/h3-4,6-10,16,20H,2,5,11-12H2,1H3,(H,19,22)/t16-/m1/s1. The second-order valence-electron chi connectivity index (χ2n) is 5.35. The van der Waals surface area contributed by atoms with Gasteiger partial charge in [0.2, 0.25) is 0 Å². The molecule has 23 heavy (non-hydrogen) atoms. The maximum absolute atomic E-state index is 12.3. The van der Waals surface area contributed by atoms with Crippen LogP contribution in [0.1, 0.15) is 30.1 Å². The summed E-state index contributed by atoms with van der Waals surface area (Å²) in [7, 11) is 0. The van der Waals surface area contributed by atoms with E-state index in [1.165, 1.54) is 0 Å². The first-order chi connectivity index (χ1) is 11.1. The van der Waals surface area contributed by atoms with Gasteiger partial charge in [0.15, 0.2) is 0 Å². The maximum atomic E-state index is 12.3. The summed E-state index contributed by atoms with van der Waals surface area (Å²) in [5.74, 6) is -0.632. The SMILES string of the molecule is CCCC(=O)OC[C@@H](CO)NC(=O)c1ccc2ccccc2c1. The maximum Gasteiger partial charge on any atom is 0.305 e. The molecule has 122 valence electrons. The van der Waals surface area contributed by atoms with Crippen molar-refractivity contribution in [3.05, 3.63) is 48.0 Å². The molecule has 2 aromatic rings. The van der Waals surface area contributed by atoms with Crippen LogP contribution in [0.4, 0.5) is 0 Å². The zero-order valence-corrected chi connectivity index (χ0v) is 13.1. The molecule has 2 aromatic carbocycles. The fourth-order valence-corrected chi connectivity index (χ4v) is 2.21. The highest BCUT2D eigenvalue weighted by Gasteiger charge is 2.15. The lowest BCUT2D eigenvalue weighted by Gasteiger charge is -2.16. The van der Waals surface area contributed by atoms with Crippen molar-refractivity contribution in [1.29, 1.82) is 0 Å². The molecule has 0 saturated heterocycles. The first-order valence-corrected chi connectivity index (χ1v) is 7.70. The van der Waals surface area contributed by atoms with Gasteiger partial charge >= 0.3 is 5.97 Å². The smallest absolute Gasteiger partial charge is 0.305 e. The monoisotopic (exact) mass is 315 g/mol. The molecule has 0 radical (unpaired) electrons. The number of carbonyl (C=O) groups excluding carboxylic acids is 2. The molecule has 0 unspecified atom stereocenters. The van der Waals surface area contributed by atoms with E-state index in [0.717, 1.165) is 10.8 Å². The van der Waals surface area contributed by atoms with E-state index in [2.05, 4.69) is 5.32 Å². The molecule has 0 spiro atoms. The normalized spacial score (nSPS) is 11.9. The van der Waals surface area contributed by atoms with Crippen molar-refractivity contribution in [3.63, 3.8) is 0 Å². The number of hydrogen-bond acceptors (Lipinski definition) is 4. The predicted molar refractivity (Wildman–Crippen MR) is 88.2 cm³/mol. The molecule has 0 aliphatic rings. The molecule has 1 atom stereocenters. The van der Waals surface area contributed by atoms with Crippen LogP contribution < -0.4 is 5.32 Å². The Bertz CT molecular complexity index is 684. The van der Waals surface area contributed by atoms with Gasteiger partial charge in [-0.25, -0.2) is 0 Å². The number of hydrogen-bond donors (Lipinski definition) is 2. The van der Waals surface area contributed by atoms with Crippen LogP contribution in [0.25, 0.3) is 10.8 Å². The van der Waals surface area contributed by atoms with Crippen molar-refractivity contribution < 1.29 is 19.4 Å². The zero-order valence-electron chi connectivity index (χ0n) is 13.1. The van der Waals surface area contributed by atoms with Crippen molar-refractivity contribution >= 4 is 22.6 Å². The minimum absolute atomic E-state index is 0.0331. The van der Waals surface area contributed by atoms with Gasteiger partial charge in [-0.05, 0) is 29.3 Å². The molecule has 0 fully saturated rings. The number of nitrogens with one attached hydrogen (secondary N) is 1. The first kappa shape index (κ1) is 17.0. The fourth-order valence-electron chi connectivity index (χ4n) is 2.21. The Kier molecular flexibility index (Phi) is 6.11. The van der Waals surface area contributed by atoms with Gasteiger partial charge in [0.05, 0.1) is 12.6 Å². The van der Waals surface area contributed by atoms with Gasteiger partial charge in [0.1, 0.15) is 6.61 Å². The molecule has 0 saturated carbocycles. The number of ether oxygens (including phenoxy) is 1. The van der Waals surface area contributed by atoms with E-state index >= 15 is 0 Å². The predicted octanol–water partition coefficient (Wildman–Crippen LogP) is 2.27. The number of aliphatic hydroxyl groups is 1. The molecule has 5 nitrogen and oxygen atoms in total. The van der Waals surface area contributed by atoms with Crippen LogP contribution >= 0.6 is 0 Å². The third kappa shape index (κ3) is 4.79. The van der Waals surface area contributed by atoms with Gasteiger partial charge in [0, 0.05) is 12.0 Å². The van der Waals surface area contributed by atoms with Gasteiger partial charge in [-0.15, -0.1) is 0 Å². The van der Waals surface area contributed by atoms with Crippen molar-refractivity contribution in [3.8, 4) is 0 Å². The van der Waals surface area contributed by atoms with Crippen LogP contribution in [-0.2, 0) is 9.53 Å². The van der Waals surface area contributed by atoms with Crippen molar-refractivity contribution in [2.45, 2.75) is 25.8 Å². The molecule has 2 rings (SSSR count). The Hall–Kier alpha value is -2.40. The molecular formula is C18H21NO4. The molecule has 2 N–H and O–H groups in total. The summed E-state index contributed by atoms with van der Waals surface area (Å²) in [6.07, 6.45) is 1.03. The average molecular weight is 315 g/mol. The summed E-state index contributed by atoms with van der Waals surface area (Å²) in [4.78, 5) is 23.6. The Labute approximate surface area is 135 Å². The molecule has 0 bridgehead atoms. The van der Waals surface area contributed by atoms with Crippen LogP contribution in [0.2, 0.25) is 0 Å². The number of aliphatic hydroxyl groups excluding tert-OH is 1. The summed E-state index contributed by atoms with van der Waals surface area (Å²) >= 11 is 0. The zero-order chi connectivity index (χ0) is 16.7. The van der Waals surface area contributed by atoms with Crippen molar-refractivity contribution in [2.75, 3.05) is 13.2 Å². The third-order valence-corrected chi connectivity index (χ3v) is 3.47. The van der Waals surface area contributed by atoms with Gasteiger partial charge in [0.25, 0.3) is 5.91 Å².